The van der Waals surface area contributed by atoms with Crippen LogP contribution >= 0.6 is 0 Å². The molecule has 5 heteroatoms. The number of esters is 1. The molecular weight excluding hydrogens is 366 g/mol. The maximum atomic E-state index is 12.6. The van der Waals surface area contributed by atoms with Gasteiger partial charge in [-0.15, -0.1) is 6.58 Å². The average molecular weight is 410 g/mol. The van der Waals surface area contributed by atoms with Crippen molar-refractivity contribution in [1.29, 1.82) is 0 Å². The van der Waals surface area contributed by atoms with Gasteiger partial charge in [-0.25, -0.2) is 9.59 Å². The Kier molecular flexibility index (Phi) is 15.3. The van der Waals surface area contributed by atoms with Crippen molar-refractivity contribution in [3.8, 4) is 0 Å². The predicted molar refractivity (Wildman–Crippen MR) is 118 cm³/mol. The molecule has 1 rings (SSSR count). The summed E-state index contributed by atoms with van der Waals surface area (Å²) in [7, 11) is 0. The first-order valence-electron chi connectivity index (χ1n) is 11.9. The van der Waals surface area contributed by atoms with E-state index in [9.17, 15) is 9.59 Å². The molecule has 0 aliphatic heterocycles. The number of ether oxygens (including phenoxy) is 2. The Morgan fingerprint density at radius 1 is 0.931 bits per heavy atom. The lowest BCUT2D eigenvalue weighted by Crippen LogP contribution is -2.47. The third-order valence-electron chi connectivity index (χ3n) is 5.70. The van der Waals surface area contributed by atoms with Crippen molar-refractivity contribution >= 4 is 12.1 Å². The van der Waals surface area contributed by atoms with Crippen molar-refractivity contribution in [1.82, 2.24) is 5.32 Å². The van der Waals surface area contributed by atoms with Crippen LogP contribution in [0.5, 0.6) is 0 Å². The van der Waals surface area contributed by atoms with Gasteiger partial charge in [0.2, 0.25) is 0 Å². The first-order valence-corrected chi connectivity index (χ1v) is 11.9. The molecule has 1 aliphatic carbocycles. The number of amides is 1. The summed E-state index contributed by atoms with van der Waals surface area (Å²) in [4.78, 5) is 24.7. The summed E-state index contributed by atoms with van der Waals surface area (Å²) in [5, 5.41) is 2.76. The first-order chi connectivity index (χ1) is 14.2. The van der Waals surface area contributed by atoms with Crippen LogP contribution in [0.25, 0.3) is 0 Å². The Bertz CT molecular complexity index is 446. The molecule has 1 N–H and O–H groups in total. The first kappa shape index (κ1) is 25.5. The van der Waals surface area contributed by atoms with Crippen molar-refractivity contribution in [3.63, 3.8) is 0 Å². The molecule has 0 spiro atoms. The van der Waals surface area contributed by atoms with Crippen LogP contribution in [0.15, 0.2) is 12.7 Å². The van der Waals surface area contributed by atoms with Crippen molar-refractivity contribution in [3.05, 3.63) is 12.7 Å². The molecule has 1 amide bonds. The Labute approximate surface area is 178 Å². The number of nitrogens with one attached hydrogen (secondary N) is 1. The molecule has 1 fully saturated rings. The lowest BCUT2D eigenvalue weighted by molar-refractivity contribution is -0.148. The quantitative estimate of drug-likeness (QED) is 0.184. The third kappa shape index (κ3) is 12.6. The number of carbonyl (C=O) groups excluding carboxylic acids is 2. The molecular formula is C24H43NO4. The number of rotatable bonds is 16. The monoisotopic (exact) mass is 409 g/mol. The van der Waals surface area contributed by atoms with Crippen molar-refractivity contribution in [2.75, 3.05) is 13.2 Å². The number of carbonyl (C=O) groups is 2. The van der Waals surface area contributed by atoms with E-state index < -0.39 is 12.1 Å². The van der Waals surface area contributed by atoms with E-state index in [2.05, 4.69) is 18.8 Å². The van der Waals surface area contributed by atoms with Gasteiger partial charge in [0.15, 0.2) is 0 Å². The normalized spacial score (nSPS) is 15.5. The lowest BCUT2D eigenvalue weighted by Gasteiger charge is -2.29. The maximum Gasteiger partial charge on any atom is 0.407 e. The smallest absolute Gasteiger partial charge is 0.407 e. The third-order valence-corrected chi connectivity index (χ3v) is 5.70. The van der Waals surface area contributed by atoms with Crippen LogP contribution in [0, 0.1) is 5.92 Å². The van der Waals surface area contributed by atoms with Gasteiger partial charge in [0.05, 0.1) is 13.2 Å². The second-order valence-corrected chi connectivity index (χ2v) is 8.23. The van der Waals surface area contributed by atoms with Gasteiger partial charge in [0.25, 0.3) is 0 Å². The van der Waals surface area contributed by atoms with Crippen LogP contribution in [0.4, 0.5) is 4.79 Å². The summed E-state index contributed by atoms with van der Waals surface area (Å²) in [5.74, 6) is -0.163. The fourth-order valence-corrected chi connectivity index (χ4v) is 3.92. The van der Waals surface area contributed by atoms with E-state index in [-0.39, 0.29) is 18.5 Å². The molecule has 0 saturated heterocycles. The molecule has 0 aromatic heterocycles. The number of unbranched alkanes of at least 4 members (excludes halogenated alkanes) is 8. The molecule has 1 saturated carbocycles. The highest BCUT2D eigenvalue weighted by atomic mass is 16.6. The van der Waals surface area contributed by atoms with Crippen molar-refractivity contribution < 1.29 is 19.1 Å². The SMILES string of the molecule is C=CCCOC(=O)NC(C(=O)OCCCCCCCCCCC)C1CCCCC1. The minimum Gasteiger partial charge on any atom is -0.464 e. The van der Waals surface area contributed by atoms with Gasteiger partial charge in [0, 0.05) is 0 Å². The predicted octanol–water partition coefficient (Wildman–Crippen LogP) is 6.31. The lowest BCUT2D eigenvalue weighted by atomic mass is 9.84. The van der Waals surface area contributed by atoms with Gasteiger partial charge in [-0.1, -0.05) is 83.6 Å². The molecule has 0 aromatic rings. The van der Waals surface area contributed by atoms with E-state index in [0.717, 1.165) is 38.5 Å². The van der Waals surface area contributed by atoms with Gasteiger partial charge >= 0.3 is 12.1 Å². The highest BCUT2D eigenvalue weighted by Crippen LogP contribution is 2.27. The van der Waals surface area contributed by atoms with Crippen molar-refractivity contribution in [2.24, 2.45) is 5.92 Å². The van der Waals surface area contributed by atoms with Crippen LogP contribution in [-0.2, 0) is 14.3 Å². The Hall–Kier alpha value is -1.52. The van der Waals surface area contributed by atoms with Crippen LogP contribution in [0.3, 0.4) is 0 Å². The average Bonchev–Trinajstić information content (AvgIpc) is 2.74. The maximum absolute atomic E-state index is 12.6. The highest BCUT2D eigenvalue weighted by Gasteiger charge is 2.32. The van der Waals surface area contributed by atoms with E-state index in [1.54, 1.807) is 6.08 Å². The van der Waals surface area contributed by atoms with Crippen LogP contribution in [0.1, 0.15) is 103 Å². The second kappa shape index (κ2) is 17.3. The van der Waals surface area contributed by atoms with Gasteiger partial charge in [0.1, 0.15) is 6.04 Å². The summed E-state index contributed by atoms with van der Waals surface area (Å²) in [6.45, 7) is 6.56. The molecule has 1 atom stereocenters. The molecule has 29 heavy (non-hydrogen) atoms. The zero-order valence-electron chi connectivity index (χ0n) is 18.6. The standard InChI is InChI=1S/C24H43NO4/c1-3-5-7-8-9-10-11-12-16-20-28-23(26)22(21-17-14-13-15-18-21)25-24(27)29-19-6-4-2/h4,21-22H,2-3,5-20H2,1H3,(H,25,27). The minimum absolute atomic E-state index is 0.145. The number of hydrogen-bond acceptors (Lipinski definition) is 4. The summed E-state index contributed by atoms with van der Waals surface area (Å²) >= 11 is 0. The van der Waals surface area contributed by atoms with Gasteiger partial charge in [-0.3, -0.25) is 0 Å². The summed E-state index contributed by atoms with van der Waals surface area (Å²) in [6, 6.07) is -0.593. The number of alkyl carbamates (subject to hydrolysis) is 1. The zero-order valence-corrected chi connectivity index (χ0v) is 18.6. The summed E-state index contributed by atoms with van der Waals surface area (Å²) < 4.78 is 10.6. The summed E-state index contributed by atoms with van der Waals surface area (Å²) in [5.41, 5.74) is 0. The Morgan fingerprint density at radius 3 is 2.17 bits per heavy atom. The van der Waals surface area contributed by atoms with Gasteiger partial charge in [-0.05, 0) is 31.6 Å². The Balaban J connectivity index is 2.27. The summed E-state index contributed by atoms with van der Waals surface area (Å²) in [6.07, 6.45) is 18.1. The van der Waals surface area contributed by atoms with Gasteiger partial charge < -0.3 is 14.8 Å². The van der Waals surface area contributed by atoms with Crippen LogP contribution in [-0.4, -0.2) is 31.3 Å². The second-order valence-electron chi connectivity index (χ2n) is 8.23. The molecule has 168 valence electrons. The van der Waals surface area contributed by atoms with E-state index in [1.807, 2.05) is 0 Å². The van der Waals surface area contributed by atoms with Crippen molar-refractivity contribution in [2.45, 2.75) is 109 Å². The van der Waals surface area contributed by atoms with Crippen LogP contribution < -0.4 is 5.32 Å². The molecule has 0 bridgehead atoms. The largest absolute Gasteiger partial charge is 0.464 e. The zero-order chi connectivity index (χ0) is 21.2. The Morgan fingerprint density at radius 2 is 1.55 bits per heavy atom. The molecule has 1 aliphatic rings. The number of hydrogen-bond donors (Lipinski definition) is 1. The molecule has 0 radical (unpaired) electrons. The molecule has 1 unspecified atom stereocenters. The van der Waals surface area contributed by atoms with E-state index in [0.29, 0.717) is 13.0 Å². The van der Waals surface area contributed by atoms with E-state index in [1.165, 1.54) is 51.4 Å². The highest BCUT2D eigenvalue weighted by molar-refractivity contribution is 5.81. The minimum atomic E-state index is -0.593. The topological polar surface area (TPSA) is 64.6 Å². The molecule has 0 heterocycles. The van der Waals surface area contributed by atoms with E-state index >= 15 is 0 Å². The van der Waals surface area contributed by atoms with Crippen LogP contribution in [0.2, 0.25) is 0 Å². The molecule has 0 aromatic carbocycles. The van der Waals surface area contributed by atoms with Gasteiger partial charge in [-0.2, -0.15) is 0 Å². The fourth-order valence-electron chi connectivity index (χ4n) is 3.92. The molecule has 5 nitrogen and oxygen atoms in total. The van der Waals surface area contributed by atoms with E-state index in [4.69, 9.17) is 9.47 Å². The fraction of sp³-hybridized carbons (Fsp3) is 0.833.